The zero-order valence-electron chi connectivity index (χ0n) is 16.8. The molecule has 1 amide bonds. The van der Waals surface area contributed by atoms with E-state index >= 15 is 0 Å². The Hall–Kier alpha value is -3.21. The molecule has 28 heavy (non-hydrogen) atoms. The average Bonchev–Trinajstić information content (AvgIpc) is 2.68. The fourth-order valence-electron chi connectivity index (χ4n) is 2.81. The molecule has 0 fully saturated rings. The number of nitrogens with zero attached hydrogens (tertiary/aromatic N) is 3. The van der Waals surface area contributed by atoms with Crippen LogP contribution in [0.1, 0.15) is 36.8 Å². The molecule has 2 aromatic carbocycles. The summed E-state index contributed by atoms with van der Waals surface area (Å²) in [6.45, 7) is 6.54. The maximum atomic E-state index is 12.8. The Morgan fingerprint density at radius 1 is 0.964 bits per heavy atom. The zero-order valence-corrected chi connectivity index (χ0v) is 16.8. The highest BCUT2D eigenvalue weighted by Crippen LogP contribution is 2.21. The van der Waals surface area contributed by atoms with Gasteiger partial charge in [-0.15, -0.1) is 0 Å². The molecule has 0 spiro atoms. The minimum atomic E-state index is -0.342. The number of hydrogen-bond donors (Lipinski definition) is 1. The topological polar surface area (TPSA) is 58.1 Å². The first-order chi connectivity index (χ1) is 13.3. The molecule has 5 nitrogen and oxygen atoms in total. The third kappa shape index (κ3) is 5.16. The van der Waals surface area contributed by atoms with E-state index in [-0.39, 0.29) is 11.4 Å². The monoisotopic (exact) mass is 374 g/mol. The van der Waals surface area contributed by atoms with Crippen molar-refractivity contribution in [1.82, 2.24) is 15.3 Å². The summed E-state index contributed by atoms with van der Waals surface area (Å²) in [6, 6.07) is 21.6. The van der Waals surface area contributed by atoms with Crippen LogP contribution in [0.2, 0.25) is 0 Å². The number of hydrogen-bond acceptors (Lipinski definition) is 4. The highest BCUT2D eigenvalue weighted by molar-refractivity contribution is 5.94. The van der Waals surface area contributed by atoms with E-state index in [0.29, 0.717) is 23.9 Å². The van der Waals surface area contributed by atoms with Gasteiger partial charge in [-0.1, -0.05) is 60.7 Å². The first-order valence-electron chi connectivity index (χ1n) is 9.34. The lowest BCUT2D eigenvalue weighted by molar-refractivity contribution is 0.0914. The van der Waals surface area contributed by atoms with Crippen molar-refractivity contribution in [1.29, 1.82) is 0 Å². The van der Waals surface area contributed by atoms with Gasteiger partial charge in [0.2, 0.25) is 0 Å². The Labute approximate surface area is 166 Å². The van der Waals surface area contributed by atoms with Gasteiger partial charge in [0, 0.05) is 30.8 Å². The second-order valence-electron chi connectivity index (χ2n) is 7.85. The molecule has 1 N–H and O–H groups in total. The predicted molar refractivity (Wildman–Crippen MR) is 113 cm³/mol. The first kappa shape index (κ1) is 19.5. The highest BCUT2D eigenvalue weighted by Gasteiger charge is 2.19. The summed E-state index contributed by atoms with van der Waals surface area (Å²) in [5.41, 5.74) is 2.07. The van der Waals surface area contributed by atoms with Gasteiger partial charge in [-0.05, 0) is 26.3 Å². The van der Waals surface area contributed by atoms with Crippen LogP contribution in [0.4, 0.5) is 5.82 Å². The van der Waals surface area contributed by atoms with Gasteiger partial charge >= 0.3 is 0 Å². The number of aromatic nitrogens is 2. The lowest BCUT2D eigenvalue weighted by atomic mass is 10.1. The van der Waals surface area contributed by atoms with Gasteiger partial charge < -0.3 is 10.2 Å². The van der Waals surface area contributed by atoms with E-state index in [9.17, 15) is 4.79 Å². The van der Waals surface area contributed by atoms with Gasteiger partial charge in [-0.3, -0.25) is 4.79 Å². The Kier molecular flexibility index (Phi) is 5.73. The number of benzene rings is 2. The third-order valence-corrected chi connectivity index (χ3v) is 4.12. The number of carbonyl (C=O) groups is 1. The maximum Gasteiger partial charge on any atom is 0.270 e. The highest BCUT2D eigenvalue weighted by atomic mass is 16.2. The SMILES string of the molecule is CN(Cc1ccccc1)c1cc(C(=O)NC(C)(C)C)nc(-c2ccccc2)n1. The van der Waals surface area contributed by atoms with Crippen molar-refractivity contribution < 1.29 is 4.79 Å². The minimum Gasteiger partial charge on any atom is -0.355 e. The quantitative estimate of drug-likeness (QED) is 0.723. The summed E-state index contributed by atoms with van der Waals surface area (Å²) in [5, 5.41) is 2.98. The molecule has 1 aromatic heterocycles. The minimum absolute atomic E-state index is 0.207. The number of amides is 1. The average molecular weight is 374 g/mol. The number of anilines is 1. The zero-order chi connectivity index (χ0) is 20.1. The molecule has 0 bridgehead atoms. The molecule has 0 saturated heterocycles. The van der Waals surface area contributed by atoms with Gasteiger partial charge in [0.05, 0.1) is 0 Å². The van der Waals surface area contributed by atoms with E-state index in [1.165, 1.54) is 5.56 Å². The van der Waals surface area contributed by atoms with Gasteiger partial charge in [-0.25, -0.2) is 9.97 Å². The largest absolute Gasteiger partial charge is 0.355 e. The van der Waals surface area contributed by atoms with Crippen LogP contribution in [0.3, 0.4) is 0 Å². The van der Waals surface area contributed by atoms with E-state index in [1.54, 1.807) is 6.07 Å². The molecule has 0 aliphatic heterocycles. The van der Waals surface area contributed by atoms with Crippen molar-refractivity contribution in [3.8, 4) is 11.4 Å². The molecular weight excluding hydrogens is 348 g/mol. The molecule has 0 aliphatic carbocycles. The second-order valence-corrected chi connectivity index (χ2v) is 7.85. The van der Waals surface area contributed by atoms with Crippen LogP contribution in [-0.2, 0) is 6.54 Å². The van der Waals surface area contributed by atoms with Gasteiger partial charge in [0.15, 0.2) is 5.82 Å². The summed E-state index contributed by atoms with van der Waals surface area (Å²) >= 11 is 0. The van der Waals surface area contributed by atoms with Crippen molar-refractivity contribution in [3.63, 3.8) is 0 Å². The van der Waals surface area contributed by atoms with Crippen LogP contribution in [0, 0.1) is 0 Å². The summed E-state index contributed by atoms with van der Waals surface area (Å²) < 4.78 is 0. The Balaban J connectivity index is 1.98. The molecule has 0 radical (unpaired) electrons. The van der Waals surface area contributed by atoms with Crippen molar-refractivity contribution in [2.24, 2.45) is 0 Å². The maximum absolute atomic E-state index is 12.8. The van der Waals surface area contributed by atoms with Crippen molar-refractivity contribution in [2.45, 2.75) is 32.9 Å². The molecule has 0 aliphatic rings. The lowest BCUT2D eigenvalue weighted by Gasteiger charge is -2.22. The second kappa shape index (κ2) is 8.21. The summed E-state index contributed by atoms with van der Waals surface area (Å²) in [6.07, 6.45) is 0. The van der Waals surface area contributed by atoms with Gasteiger partial charge in [-0.2, -0.15) is 0 Å². The fraction of sp³-hybridized carbons (Fsp3) is 0.261. The van der Waals surface area contributed by atoms with Crippen molar-refractivity contribution >= 4 is 11.7 Å². The normalized spacial score (nSPS) is 11.1. The van der Waals surface area contributed by atoms with E-state index in [2.05, 4.69) is 22.4 Å². The van der Waals surface area contributed by atoms with Gasteiger partial charge in [0.25, 0.3) is 5.91 Å². The standard InChI is InChI=1S/C23H26N4O/c1-23(2,3)26-22(28)19-15-20(27(4)16-17-11-7-5-8-12-17)25-21(24-19)18-13-9-6-10-14-18/h5-15H,16H2,1-4H3,(H,26,28). The number of rotatable bonds is 5. The Bertz CT molecular complexity index is 934. The summed E-state index contributed by atoms with van der Waals surface area (Å²) in [5.74, 6) is 1.04. The van der Waals surface area contributed by atoms with Crippen molar-refractivity contribution in [3.05, 3.63) is 78.0 Å². The molecule has 3 rings (SSSR count). The molecule has 5 heteroatoms. The van der Waals surface area contributed by atoms with E-state index < -0.39 is 0 Å². The molecule has 0 saturated carbocycles. The van der Waals surface area contributed by atoms with Crippen LogP contribution in [0.15, 0.2) is 66.7 Å². The number of nitrogens with one attached hydrogen (secondary N) is 1. The van der Waals surface area contributed by atoms with Crippen LogP contribution in [-0.4, -0.2) is 28.5 Å². The predicted octanol–water partition coefficient (Wildman–Crippen LogP) is 4.31. The van der Waals surface area contributed by atoms with Crippen LogP contribution in [0.25, 0.3) is 11.4 Å². The van der Waals surface area contributed by atoms with E-state index in [4.69, 9.17) is 4.98 Å². The fourth-order valence-corrected chi connectivity index (χ4v) is 2.81. The van der Waals surface area contributed by atoms with E-state index in [0.717, 1.165) is 5.56 Å². The first-order valence-corrected chi connectivity index (χ1v) is 9.34. The van der Waals surface area contributed by atoms with Crippen LogP contribution >= 0.6 is 0 Å². The van der Waals surface area contributed by atoms with E-state index in [1.807, 2.05) is 81.2 Å². The molecular formula is C23H26N4O. The lowest BCUT2D eigenvalue weighted by Crippen LogP contribution is -2.41. The molecule has 144 valence electrons. The Morgan fingerprint density at radius 3 is 2.18 bits per heavy atom. The van der Waals surface area contributed by atoms with Crippen LogP contribution in [0.5, 0.6) is 0 Å². The summed E-state index contributed by atoms with van der Waals surface area (Å²) in [4.78, 5) is 24.0. The smallest absolute Gasteiger partial charge is 0.270 e. The third-order valence-electron chi connectivity index (χ3n) is 4.12. The summed E-state index contributed by atoms with van der Waals surface area (Å²) in [7, 11) is 1.97. The van der Waals surface area contributed by atoms with Crippen molar-refractivity contribution in [2.75, 3.05) is 11.9 Å². The Morgan fingerprint density at radius 2 is 1.57 bits per heavy atom. The van der Waals surface area contributed by atoms with Gasteiger partial charge in [0.1, 0.15) is 11.5 Å². The number of carbonyl (C=O) groups excluding carboxylic acids is 1. The van der Waals surface area contributed by atoms with Crippen LogP contribution < -0.4 is 10.2 Å². The molecule has 3 aromatic rings. The molecule has 1 heterocycles. The molecule has 0 unspecified atom stereocenters. The molecule has 0 atom stereocenters.